The first-order valence-corrected chi connectivity index (χ1v) is 3.79. The van der Waals surface area contributed by atoms with Crippen molar-refractivity contribution < 1.29 is 4.79 Å². The molecule has 0 fully saturated rings. The molecular formula is C7H2N6O. The molecule has 14 heavy (non-hydrogen) atoms. The summed E-state index contributed by atoms with van der Waals surface area (Å²) in [5.41, 5.74) is 1.06. The summed E-state index contributed by atoms with van der Waals surface area (Å²) in [6.07, 6.45) is 1.20. The minimum Gasteiger partial charge on any atom is -0.265 e. The molecular weight excluding hydrogens is 184 g/mol. The Morgan fingerprint density at radius 1 is 1.29 bits per heavy atom. The van der Waals surface area contributed by atoms with Crippen molar-refractivity contribution in [3.05, 3.63) is 22.6 Å². The van der Waals surface area contributed by atoms with E-state index in [1.807, 2.05) is 0 Å². The molecule has 7 heteroatoms. The van der Waals surface area contributed by atoms with Gasteiger partial charge in [-0.2, -0.15) is 4.99 Å². The van der Waals surface area contributed by atoms with Crippen molar-refractivity contribution in [3.63, 3.8) is 0 Å². The number of amides is 1. The van der Waals surface area contributed by atoms with Gasteiger partial charge in [-0.3, -0.25) is 4.79 Å². The minimum atomic E-state index is -0.417. The fourth-order valence-corrected chi connectivity index (χ4v) is 1.20. The first-order valence-electron chi connectivity index (χ1n) is 3.79. The van der Waals surface area contributed by atoms with Crippen LogP contribution in [0.3, 0.4) is 0 Å². The van der Waals surface area contributed by atoms with Gasteiger partial charge in [0.05, 0.1) is 5.36 Å². The fraction of sp³-hybridized carbons (Fsp3) is 0. The molecule has 0 N–H and O–H groups in total. The maximum Gasteiger partial charge on any atom is 0.299 e. The summed E-state index contributed by atoms with van der Waals surface area (Å²) in [4.78, 5) is 22.6. The molecule has 0 aliphatic carbocycles. The van der Waals surface area contributed by atoms with Gasteiger partial charge in [0.2, 0.25) is 5.49 Å². The second kappa shape index (κ2) is 2.34. The fourth-order valence-electron chi connectivity index (χ4n) is 1.20. The van der Waals surface area contributed by atoms with E-state index in [1.165, 1.54) is 6.34 Å². The Kier molecular flexibility index (Phi) is 1.19. The Morgan fingerprint density at radius 2 is 2.21 bits per heavy atom. The lowest BCUT2D eigenvalue weighted by Gasteiger charge is -1.98. The molecule has 0 bridgehead atoms. The number of aliphatic imine (C=N–C) groups is 1. The third-order valence-electron chi connectivity index (χ3n) is 1.83. The van der Waals surface area contributed by atoms with E-state index in [0.29, 0.717) is 16.5 Å². The number of rotatable bonds is 0. The Hall–Kier alpha value is -2.31. The summed E-state index contributed by atoms with van der Waals surface area (Å²) in [5, 5.41) is 11.3. The van der Waals surface area contributed by atoms with Crippen LogP contribution in [0.5, 0.6) is 0 Å². The first-order chi connectivity index (χ1) is 6.84. The highest BCUT2D eigenvalue weighted by Gasteiger charge is 2.15. The molecule has 1 aromatic heterocycles. The zero-order valence-corrected chi connectivity index (χ0v) is 6.75. The van der Waals surface area contributed by atoms with Gasteiger partial charge in [0.25, 0.3) is 5.91 Å². The molecule has 3 rings (SSSR count). The summed E-state index contributed by atoms with van der Waals surface area (Å²) < 4.78 is 0. The predicted molar refractivity (Wildman–Crippen MR) is 43.9 cm³/mol. The zero-order valence-electron chi connectivity index (χ0n) is 6.75. The average Bonchev–Trinajstić information content (AvgIpc) is 2.62. The lowest BCUT2D eigenvalue weighted by atomic mass is 10.3. The van der Waals surface area contributed by atoms with Crippen molar-refractivity contribution >= 4 is 17.9 Å². The average molecular weight is 186 g/mol. The molecule has 1 aromatic rings. The molecule has 7 nitrogen and oxygen atoms in total. The quantitative estimate of drug-likeness (QED) is 0.547. The number of hydrogen-bond donors (Lipinski definition) is 0. The molecule has 0 saturated heterocycles. The normalized spacial score (nSPS) is 15.9. The number of pyridine rings is 1. The van der Waals surface area contributed by atoms with Crippen molar-refractivity contribution in [2.45, 2.75) is 0 Å². The molecule has 1 amide bonds. The molecule has 3 heterocycles. The van der Waals surface area contributed by atoms with Crippen LogP contribution in [0.1, 0.15) is 10.5 Å². The van der Waals surface area contributed by atoms with Gasteiger partial charge >= 0.3 is 0 Å². The Labute approximate surface area is 76.6 Å². The van der Waals surface area contributed by atoms with E-state index < -0.39 is 5.91 Å². The van der Waals surface area contributed by atoms with Gasteiger partial charge < -0.3 is 0 Å². The van der Waals surface area contributed by atoms with Crippen LogP contribution < -0.4 is 10.8 Å². The molecule has 0 aromatic carbocycles. The van der Waals surface area contributed by atoms with Gasteiger partial charge in [-0.05, 0) is 11.3 Å². The Bertz CT molecular complexity index is 614. The maximum absolute atomic E-state index is 11.3. The van der Waals surface area contributed by atoms with Gasteiger partial charge in [-0.1, -0.05) is 0 Å². The molecule has 0 radical (unpaired) electrons. The molecule has 2 aliphatic rings. The molecule has 66 valence electrons. The van der Waals surface area contributed by atoms with Crippen LogP contribution in [-0.2, 0) is 0 Å². The summed E-state index contributed by atoms with van der Waals surface area (Å²) in [5.74, 6) is -0.417. The van der Waals surface area contributed by atoms with E-state index in [1.54, 1.807) is 6.07 Å². The van der Waals surface area contributed by atoms with E-state index in [9.17, 15) is 4.79 Å². The van der Waals surface area contributed by atoms with E-state index in [-0.39, 0.29) is 5.69 Å². The van der Waals surface area contributed by atoms with Crippen molar-refractivity contribution in [1.82, 2.24) is 4.98 Å². The Balaban J connectivity index is 2.45. The summed E-state index contributed by atoms with van der Waals surface area (Å²) in [6, 6.07) is 1.61. The highest BCUT2D eigenvalue weighted by molar-refractivity contribution is 5.98. The van der Waals surface area contributed by atoms with Gasteiger partial charge in [0.1, 0.15) is 12.0 Å². The zero-order chi connectivity index (χ0) is 9.54. The number of fused-ring (bicyclic) bond motifs is 2. The van der Waals surface area contributed by atoms with Crippen molar-refractivity contribution in [1.29, 1.82) is 0 Å². The molecule has 0 saturated carbocycles. The third kappa shape index (κ3) is 0.830. The maximum atomic E-state index is 11.3. The van der Waals surface area contributed by atoms with Gasteiger partial charge in [-0.15, -0.1) is 10.2 Å². The van der Waals surface area contributed by atoms with Crippen LogP contribution in [0, 0.1) is 0 Å². The number of carbonyl (C=O) groups excluding carboxylic acids is 1. The second-order valence-electron chi connectivity index (χ2n) is 2.67. The van der Waals surface area contributed by atoms with Gasteiger partial charge in [0.15, 0.2) is 5.69 Å². The van der Waals surface area contributed by atoms with Crippen molar-refractivity contribution in [2.75, 3.05) is 0 Å². The van der Waals surface area contributed by atoms with Crippen LogP contribution in [0.25, 0.3) is 0 Å². The van der Waals surface area contributed by atoms with E-state index in [2.05, 4.69) is 30.4 Å². The topological polar surface area (TPSA) is 91.8 Å². The van der Waals surface area contributed by atoms with Gasteiger partial charge in [-0.25, -0.2) is 9.98 Å². The van der Waals surface area contributed by atoms with E-state index >= 15 is 0 Å². The molecule has 2 aliphatic heterocycles. The lowest BCUT2D eigenvalue weighted by molar-refractivity contribution is 0.0995. The van der Waals surface area contributed by atoms with Gasteiger partial charge in [0, 0.05) is 0 Å². The lowest BCUT2D eigenvalue weighted by Crippen LogP contribution is -2.25. The number of hydrogen-bond acceptors (Lipinski definition) is 6. The highest BCUT2D eigenvalue weighted by atomic mass is 16.1. The summed E-state index contributed by atoms with van der Waals surface area (Å²) in [6.45, 7) is 0. The van der Waals surface area contributed by atoms with Crippen molar-refractivity contribution in [3.8, 4) is 0 Å². The van der Waals surface area contributed by atoms with Crippen LogP contribution >= 0.6 is 0 Å². The van der Waals surface area contributed by atoms with Crippen LogP contribution in [0.2, 0.25) is 0 Å². The van der Waals surface area contributed by atoms with Crippen LogP contribution in [-0.4, -0.2) is 17.2 Å². The largest absolute Gasteiger partial charge is 0.299 e. The SMILES string of the molecule is O=C1N=CN=c2cc3c(nc21)=NN=N3. The first kappa shape index (κ1) is 7.13. The summed E-state index contributed by atoms with van der Waals surface area (Å²) in [7, 11) is 0. The highest BCUT2D eigenvalue weighted by Crippen LogP contribution is 2.07. The number of nitrogens with zero attached hydrogens (tertiary/aromatic N) is 6. The number of carbonyl (C=O) groups is 1. The van der Waals surface area contributed by atoms with Crippen LogP contribution in [0.15, 0.2) is 31.5 Å². The predicted octanol–water partition coefficient (Wildman–Crippen LogP) is -0.485. The third-order valence-corrected chi connectivity index (χ3v) is 1.83. The van der Waals surface area contributed by atoms with Crippen LogP contribution in [0.4, 0.5) is 5.69 Å². The van der Waals surface area contributed by atoms with Crippen molar-refractivity contribution in [2.24, 2.45) is 25.4 Å². The van der Waals surface area contributed by atoms with E-state index in [4.69, 9.17) is 0 Å². The monoisotopic (exact) mass is 186 g/mol. The summed E-state index contributed by atoms with van der Waals surface area (Å²) >= 11 is 0. The number of aromatic nitrogens is 1. The minimum absolute atomic E-state index is 0.197. The smallest absolute Gasteiger partial charge is 0.265 e. The van der Waals surface area contributed by atoms with E-state index in [0.717, 1.165) is 0 Å². The standard InChI is InChI=1S/C7H2N6O/c14-7-5-3(8-2-9-7)1-4-6(10-5)12-13-11-4/h1-2H. The molecule has 0 atom stereocenters. The Morgan fingerprint density at radius 3 is 3.14 bits per heavy atom. The second-order valence-corrected chi connectivity index (χ2v) is 2.67. The molecule has 0 unspecified atom stereocenters. The molecule has 0 spiro atoms.